The number of nitrogens with one attached hydrogen (secondary N) is 1. The highest BCUT2D eigenvalue weighted by Gasteiger charge is 2.15. The Labute approximate surface area is 100 Å². The van der Waals surface area contributed by atoms with Crippen LogP contribution in [0.3, 0.4) is 0 Å². The van der Waals surface area contributed by atoms with Gasteiger partial charge in [0.1, 0.15) is 5.75 Å². The maximum atomic E-state index is 6.19. The van der Waals surface area contributed by atoms with E-state index >= 15 is 0 Å². The predicted octanol–water partition coefficient (Wildman–Crippen LogP) is 1.34. The number of benzene rings is 1. The summed E-state index contributed by atoms with van der Waals surface area (Å²) in [5.74, 6) is 0.679. The van der Waals surface area contributed by atoms with E-state index in [1.165, 1.54) is 0 Å². The molecule has 3 N–H and O–H groups in total. The Morgan fingerprint density at radius 1 is 1.38 bits per heavy atom. The highest BCUT2D eigenvalue weighted by molar-refractivity contribution is 6.33. The van der Waals surface area contributed by atoms with Crippen molar-refractivity contribution in [3.8, 4) is 5.75 Å². The van der Waals surface area contributed by atoms with E-state index in [1.807, 2.05) is 6.07 Å². The molecule has 16 heavy (non-hydrogen) atoms. The summed E-state index contributed by atoms with van der Waals surface area (Å²) in [6, 6.07) is 3.65. The van der Waals surface area contributed by atoms with Gasteiger partial charge in [0.2, 0.25) is 0 Å². The normalized spacial score (nSPS) is 16.2. The maximum Gasteiger partial charge on any atom is 0.143 e. The molecule has 1 heterocycles. The molecular formula is C11H16ClN3O. The van der Waals surface area contributed by atoms with Crippen molar-refractivity contribution in [2.75, 3.05) is 43.9 Å². The third-order valence-corrected chi connectivity index (χ3v) is 3.06. The van der Waals surface area contributed by atoms with Gasteiger partial charge >= 0.3 is 0 Å². The summed E-state index contributed by atoms with van der Waals surface area (Å²) in [4.78, 5) is 2.24. The molecule has 0 unspecified atom stereocenters. The number of rotatable bonds is 2. The number of nitrogens with two attached hydrogens (primary N) is 1. The molecule has 0 amide bonds. The molecule has 1 aliphatic rings. The SMILES string of the molecule is COc1cc(N2CCNCC2)c(Cl)cc1N. The van der Waals surface area contributed by atoms with Crippen LogP contribution in [0.15, 0.2) is 12.1 Å². The molecule has 4 nitrogen and oxygen atoms in total. The molecule has 0 aromatic heterocycles. The molecule has 0 aliphatic carbocycles. The van der Waals surface area contributed by atoms with Crippen molar-refractivity contribution in [1.29, 1.82) is 0 Å². The molecule has 0 saturated carbocycles. The molecule has 2 rings (SSSR count). The lowest BCUT2D eigenvalue weighted by molar-refractivity contribution is 0.417. The first kappa shape index (κ1) is 11.4. The molecule has 88 valence electrons. The number of hydrogen-bond acceptors (Lipinski definition) is 4. The van der Waals surface area contributed by atoms with Gasteiger partial charge in [-0.3, -0.25) is 0 Å². The number of ether oxygens (including phenoxy) is 1. The summed E-state index contributed by atoms with van der Waals surface area (Å²) in [5.41, 5.74) is 7.36. The van der Waals surface area contributed by atoms with E-state index in [9.17, 15) is 0 Å². The van der Waals surface area contributed by atoms with Crippen molar-refractivity contribution in [3.05, 3.63) is 17.2 Å². The van der Waals surface area contributed by atoms with Crippen LogP contribution in [-0.2, 0) is 0 Å². The number of anilines is 2. The average molecular weight is 242 g/mol. The lowest BCUT2D eigenvalue weighted by atomic mass is 10.2. The number of halogens is 1. The summed E-state index contributed by atoms with van der Waals surface area (Å²) in [7, 11) is 1.61. The van der Waals surface area contributed by atoms with Crippen molar-refractivity contribution >= 4 is 23.0 Å². The summed E-state index contributed by atoms with van der Waals surface area (Å²) in [5, 5.41) is 3.98. The van der Waals surface area contributed by atoms with Crippen molar-refractivity contribution < 1.29 is 4.74 Å². The first-order valence-corrected chi connectivity index (χ1v) is 5.69. The fourth-order valence-electron chi connectivity index (χ4n) is 1.88. The third-order valence-electron chi connectivity index (χ3n) is 2.76. The van der Waals surface area contributed by atoms with E-state index in [0.717, 1.165) is 31.9 Å². The van der Waals surface area contributed by atoms with Gasteiger partial charge in [-0.15, -0.1) is 0 Å². The lowest BCUT2D eigenvalue weighted by Crippen LogP contribution is -2.43. The molecule has 1 aromatic carbocycles. The molecule has 1 aromatic rings. The summed E-state index contributed by atoms with van der Waals surface area (Å²) in [6.07, 6.45) is 0. The summed E-state index contributed by atoms with van der Waals surface area (Å²) < 4.78 is 5.21. The van der Waals surface area contributed by atoms with E-state index in [0.29, 0.717) is 16.5 Å². The van der Waals surface area contributed by atoms with E-state index in [1.54, 1.807) is 13.2 Å². The average Bonchev–Trinajstić information content (AvgIpc) is 2.30. The fraction of sp³-hybridized carbons (Fsp3) is 0.455. The number of nitrogen functional groups attached to an aromatic ring is 1. The van der Waals surface area contributed by atoms with E-state index in [4.69, 9.17) is 22.1 Å². The van der Waals surface area contributed by atoms with Crippen LogP contribution in [0.5, 0.6) is 5.75 Å². The second-order valence-electron chi connectivity index (χ2n) is 3.78. The third kappa shape index (κ3) is 2.18. The van der Waals surface area contributed by atoms with E-state index in [2.05, 4.69) is 10.2 Å². The molecule has 5 heteroatoms. The Bertz CT molecular complexity index is 378. The zero-order valence-electron chi connectivity index (χ0n) is 9.29. The minimum absolute atomic E-state index is 0.575. The Morgan fingerprint density at radius 3 is 2.69 bits per heavy atom. The second kappa shape index (κ2) is 4.80. The topological polar surface area (TPSA) is 50.5 Å². The van der Waals surface area contributed by atoms with Gasteiger partial charge in [0.05, 0.1) is 23.5 Å². The second-order valence-corrected chi connectivity index (χ2v) is 4.19. The summed E-state index contributed by atoms with van der Waals surface area (Å²) in [6.45, 7) is 3.85. The predicted molar refractivity (Wildman–Crippen MR) is 67.5 cm³/mol. The van der Waals surface area contributed by atoms with Gasteiger partial charge in [0.15, 0.2) is 0 Å². The highest BCUT2D eigenvalue weighted by Crippen LogP contribution is 2.34. The van der Waals surface area contributed by atoms with Crippen molar-refractivity contribution in [1.82, 2.24) is 5.32 Å². The quantitative estimate of drug-likeness (QED) is 0.768. The largest absolute Gasteiger partial charge is 0.495 e. The van der Waals surface area contributed by atoms with Gasteiger partial charge in [-0.25, -0.2) is 0 Å². The van der Waals surface area contributed by atoms with Crippen molar-refractivity contribution in [2.24, 2.45) is 0 Å². The van der Waals surface area contributed by atoms with Gasteiger partial charge < -0.3 is 20.7 Å². The monoisotopic (exact) mass is 241 g/mol. The van der Waals surface area contributed by atoms with Crippen LogP contribution in [0.4, 0.5) is 11.4 Å². The van der Waals surface area contributed by atoms with Crippen LogP contribution in [0.2, 0.25) is 5.02 Å². The molecule has 0 spiro atoms. The standard InChI is InChI=1S/C11H16ClN3O/c1-16-11-7-10(8(12)6-9(11)13)15-4-2-14-3-5-15/h6-7,14H,2-5,13H2,1H3. The Kier molecular flexibility index (Phi) is 3.41. The molecule has 1 fully saturated rings. The van der Waals surface area contributed by atoms with Crippen LogP contribution in [-0.4, -0.2) is 33.3 Å². The number of piperazine rings is 1. The molecule has 0 radical (unpaired) electrons. The van der Waals surface area contributed by atoms with Crippen LogP contribution >= 0.6 is 11.6 Å². The van der Waals surface area contributed by atoms with Crippen molar-refractivity contribution in [3.63, 3.8) is 0 Å². The van der Waals surface area contributed by atoms with E-state index < -0.39 is 0 Å². The zero-order chi connectivity index (χ0) is 11.5. The first-order chi connectivity index (χ1) is 7.72. The van der Waals surface area contributed by atoms with Gasteiger partial charge in [-0.2, -0.15) is 0 Å². The van der Waals surface area contributed by atoms with Gasteiger partial charge in [-0.05, 0) is 6.07 Å². The molecule has 0 atom stereocenters. The number of nitrogens with zero attached hydrogens (tertiary/aromatic N) is 1. The summed E-state index contributed by atoms with van der Waals surface area (Å²) >= 11 is 6.19. The Hall–Kier alpha value is -1.13. The van der Waals surface area contributed by atoms with Crippen LogP contribution < -0.4 is 20.7 Å². The van der Waals surface area contributed by atoms with Gasteiger partial charge in [-0.1, -0.05) is 11.6 Å². The Balaban J connectivity index is 2.31. The maximum absolute atomic E-state index is 6.19. The molecular weight excluding hydrogens is 226 g/mol. The highest BCUT2D eigenvalue weighted by atomic mass is 35.5. The fourth-order valence-corrected chi connectivity index (χ4v) is 2.17. The number of methoxy groups -OCH3 is 1. The van der Waals surface area contributed by atoms with Gasteiger partial charge in [0, 0.05) is 32.2 Å². The Morgan fingerprint density at radius 2 is 2.06 bits per heavy atom. The minimum atomic E-state index is 0.575. The minimum Gasteiger partial charge on any atom is -0.495 e. The van der Waals surface area contributed by atoms with Gasteiger partial charge in [0.25, 0.3) is 0 Å². The number of hydrogen-bond donors (Lipinski definition) is 2. The first-order valence-electron chi connectivity index (χ1n) is 5.31. The lowest BCUT2D eigenvalue weighted by Gasteiger charge is -2.30. The molecule has 1 aliphatic heterocycles. The smallest absolute Gasteiger partial charge is 0.143 e. The zero-order valence-corrected chi connectivity index (χ0v) is 10.0. The van der Waals surface area contributed by atoms with E-state index in [-0.39, 0.29) is 0 Å². The van der Waals surface area contributed by atoms with Crippen LogP contribution in [0.25, 0.3) is 0 Å². The van der Waals surface area contributed by atoms with Crippen molar-refractivity contribution in [2.45, 2.75) is 0 Å². The van der Waals surface area contributed by atoms with Crippen LogP contribution in [0.1, 0.15) is 0 Å². The molecule has 0 bridgehead atoms. The molecule has 1 saturated heterocycles. The van der Waals surface area contributed by atoms with Crippen LogP contribution in [0, 0.1) is 0 Å².